The minimum atomic E-state index is 0.0579. The molecule has 3 aromatic rings. The van der Waals surface area contributed by atoms with Crippen LogP contribution in [-0.2, 0) is 25.9 Å². The molecule has 1 aromatic carbocycles. The Labute approximate surface area is 175 Å². The molecule has 29 heavy (non-hydrogen) atoms. The van der Waals surface area contributed by atoms with E-state index in [1.165, 1.54) is 34.4 Å². The zero-order chi connectivity index (χ0) is 19.8. The number of thiophene rings is 1. The van der Waals surface area contributed by atoms with Gasteiger partial charge in [-0.3, -0.25) is 14.6 Å². The lowest BCUT2D eigenvalue weighted by molar-refractivity contribution is 0.120. The van der Waals surface area contributed by atoms with Gasteiger partial charge >= 0.3 is 0 Å². The summed E-state index contributed by atoms with van der Waals surface area (Å²) >= 11 is 1.73. The molecule has 5 nitrogen and oxygen atoms in total. The first-order chi connectivity index (χ1) is 14.2. The summed E-state index contributed by atoms with van der Waals surface area (Å²) in [5.41, 5.74) is 4.03. The lowest BCUT2D eigenvalue weighted by Gasteiger charge is -2.34. The van der Waals surface area contributed by atoms with Crippen molar-refractivity contribution in [3.05, 3.63) is 62.0 Å². The van der Waals surface area contributed by atoms with Crippen molar-refractivity contribution in [1.82, 2.24) is 19.8 Å². The number of nitrogens with one attached hydrogen (secondary N) is 1. The molecule has 3 heterocycles. The van der Waals surface area contributed by atoms with E-state index >= 15 is 0 Å². The molecule has 1 N–H and O–H groups in total. The van der Waals surface area contributed by atoms with Crippen LogP contribution in [-0.4, -0.2) is 45.9 Å². The van der Waals surface area contributed by atoms with E-state index in [4.69, 9.17) is 4.98 Å². The second-order valence-corrected chi connectivity index (χ2v) is 9.53. The third kappa shape index (κ3) is 4.02. The van der Waals surface area contributed by atoms with Gasteiger partial charge in [0.25, 0.3) is 5.56 Å². The molecule has 1 fully saturated rings. The summed E-state index contributed by atoms with van der Waals surface area (Å²) in [5, 5.41) is 0.858. The van der Waals surface area contributed by atoms with Gasteiger partial charge < -0.3 is 4.98 Å². The lowest BCUT2D eigenvalue weighted by Crippen LogP contribution is -2.45. The predicted octanol–water partition coefficient (Wildman–Crippen LogP) is 3.49. The monoisotopic (exact) mass is 408 g/mol. The molecule has 0 radical (unpaired) electrons. The molecule has 1 aliphatic carbocycles. The van der Waals surface area contributed by atoms with Crippen LogP contribution in [0.3, 0.4) is 0 Å². The number of benzene rings is 1. The third-order valence-electron chi connectivity index (χ3n) is 6.20. The van der Waals surface area contributed by atoms with Gasteiger partial charge in [0.15, 0.2) is 0 Å². The van der Waals surface area contributed by atoms with E-state index in [0.717, 1.165) is 68.2 Å². The van der Waals surface area contributed by atoms with Crippen LogP contribution in [0.1, 0.15) is 40.2 Å². The fraction of sp³-hybridized carbons (Fsp3) is 0.478. The summed E-state index contributed by atoms with van der Waals surface area (Å²) in [4.78, 5) is 27.9. The number of fused-ring (bicyclic) bond motifs is 3. The molecule has 0 saturated carbocycles. The molecular formula is C23H28N4OS. The first kappa shape index (κ1) is 19.0. The van der Waals surface area contributed by atoms with Gasteiger partial charge in [-0.05, 0) is 43.7 Å². The second kappa shape index (κ2) is 8.01. The van der Waals surface area contributed by atoms with Crippen molar-refractivity contribution in [2.45, 2.75) is 45.7 Å². The lowest BCUT2D eigenvalue weighted by atomic mass is 9.97. The molecule has 0 amide bonds. The van der Waals surface area contributed by atoms with Crippen LogP contribution in [0.15, 0.2) is 29.1 Å². The van der Waals surface area contributed by atoms with Gasteiger partial charge in [-0.2, -0.15) is 0 Å². The van der Waals surface area contributed by atoms with Crippen molar-refractivity contribution >= 4 is 21.6 Å². The van der Waals surface area contributed by atoms with Crippen molar-refractivity contribution in [3.8, 4) is 0 Å². The Kier molecular flexibility index (Phi) is 5.24. The van der Waals surface area contributed by atoms with E-state index in [9.17, 15) is 4.79 Å². The topological polar surface area (TPSA) is 52.2 Å². The molecule has 2 aromatic heterocycles. The van der Waals surface area contributed by atoms with Crippen LogP contribution in [0.4, 0.5) is 0 Å². The standard InChI is InChI=1S/C23H28N4OS/c1-16-5-4-6-17(13-16)14-26-9-11-27(12-10-26)15-20-24-22(28)21-18-7-2-3-8-19(18)29-23(21)25-20/h4-6,13H,2-3,7-12,14-15H2,1H3,(H,24,25,28). The number of aromatic amines is 1. The van der Waals surface area contributed by atoms with Crippen molar-refractivity contribution in [1.29, 1.82) is 0 Å². The number of H-pyrrole nitrogens is 1. The highest BCUT2D eigenvalue weighted by Crippen LogP contribution is 2.33. The molecule has 5 rings (SSSR count). The van der Waals surface area contributed by atoms with Crippen LogP contribution in [0.2, 0.25) is 0 Å². The second-order valence-electron chi connectivity index (χ2n) is 8.45. The fourth-order valence-electron chi connectivity index (χ4n) is 4.67. The maximum atomic E-state index is 12.7. The Morgan fingerprint density at radius 1 is 1.07 bits per heavy atom. The number of hydrogen-bond acceptors (Lipinski definition) is 5. The minimum absolute atomic E-state index is 0.0579. The summed E-state index contributed by atoms with van der Waals surface area (Å²) in [6, 6.07) is 8.78. The normalized spacial score (nSPS) is 18.2. The van der Waals surface area contributed by atoms with Gasteiger partial charge in [0.2, 0.25) is 0 Å². The highest BCUT2D eigenvalue weighted by Gasteiger charge is 2.21. The van der Waals surface area contributed by atoms with Crippen LogP contribution in [0, 0.1) is 6.92 Å². The van der Waals surface area contributed by atoms with E-state index in [1.807, 2.05) is 0 Å². The molecule has 0 atom stereocenters. The predicted molar refractivity (Wildman–Crippen MR) is 119 cm³/mol. The Morgan fingerprint density at radius 3 is 2.62 bits per heavy atom. The summed E-state index contributed by atoms with van der Waals surface area (Å²) < 4.78 is 0. The average molecular weight is 409 g/mol. The maximum Gasteiger partial charge on any atom is 0.259 e. The first-order valence-corrected chi connectivity index (χ1v) is 11.5. The highest BCUT2D eigenvalue weighted by atomic mass is 32.1. The molecule has 2 aliphatic rings. The Bertz CT molecular complexity index is 1080. The average Bonchev–Trinajstić information content (AvgIpc) is 3.08. The molecular weight excluding hydrogens is 380 g/mol. The highest BCUT2D eigenvalue weighted by molar-refractivity contribution is 7.18. The number of hydrogen-bond donors (Lipinski definition) is 1. The smallest absolute Gasteiger partial charge is 0.259 e. The number of piperazine rings is 1. The molecule has 6 heteroatoms. The van der Waals surface area contributed by atoms with Gasteiger partial charge in [0, 0.05) is 37.6 Å². The number of rotatable bonds is 4. The Hall–Kier alpha value is -2.02. The van der Waals surface area contributed by atoms with Gasteiger partial charge in [-0.15, -0.1) is 11.3 Å². The largest absolute Gasteiger partial charge is 0.309 e. The van der Waals surface area contributed by atoms with E-state index in [1.54, 1.807) is 11.3 Å². The van der Waals surface area contributed by atoms with Gasteiger partial charge in [0.1, 0.15) is 10.7 Å². The van der Waals surface area contributed by atoms with Crippen molar-refractivity contribution in [2.75, 3.05) is 26.2 Å². The van der Waals surface area contributed by atoms with Crippen molar-refractivity contribution < 1.29 is 0 Å². The van der Waals surface area contributed by atoms with E-state index in [0.29, 0.717) is 0 Å². The van der Waals surface area contributed by atoms with E-state index < -0.39 is 0 Å². The van der Waals surface area contributed by atoms with Crippen molar-refractivity contribution in [3.63, 3.8) is 0 Å². The first-order valence-electron chi connectivity index (χ1n) is 10.7. The van der Waals surface area contributed by atoms with Gasteiger partial charge in [-0.1, -0.05) is 29.8 Å². The van der Waals surface area contributed by atoms with E-state index in [-0.39, 0.29) is 5.56 Å². The fourth-order valence-corrected chi connectivity index (χ4v) is 5.95. The van der Waals surface area contributed by atoms with Gasteiger partial charge in [-0.25, -0.2) is 4.98 Å². The number of nitrogens with zero attached hydrogens (tertiary/aromatic N) is 3. The molecule has 0 bridgehead atoms. The van der Waals surface area contributed by atoms with Crippen molar-refractivity contribution in [2.24, 2.45) is 0 Å². The SMILES string of the molecule is Cc1cccc(CN2CCN(Cc3nc4sc5c(c4c(=O)[nH]3)CCCC5)CC2)c1. The third-order valence-corrected chi connectivity index (χ3v) is 7.39. The summed E-state index contributed by atoms with van der Waals surface area (Å²) in [6.07, 6.45) is 4.56. The maximum absolute atomic E-state index is 12.7. The molecule has 0 spiro atoms. The van der Waals surface area contributed by atoms with Crippen LogP contribution in [0.5, 0.6) is 0 Å². The summed E-state index contributed by atoms with van der Waals surface area (Å²) in [5.74, 6) is 0.813. The zero-order valence-corrected chi connectivity index (χ0v) is 17.9. The number of aryl methyl sites for hydroxylation is 3. The van der Waals surface area contributed by atoms with Crippen LogP contribution < -0.4 is 5.56 Å². The molecule has 152 valence electrons. The van der Waals surface area contributed by atoms with E-state index in [2.05, 4.69) is 46.0 Å². The summed E-state index contributed by atoms with van der Waals surface area (Å²) in [7, 11) is 0. The number of aromatic nitrogens is 2. The molecule has 1 saturated heterocycles. The molecule has 1 aliphatic heterocycles. The zero-order valence-electron chi connectivity index (χ0n) is 17.0. The van der Waals surface area contributed by atoms with Crippen LogP contribution >= 0.6 is 11.3 Å². The Morgan fingerprint density at radius 2 is 1.83 bits per heavy atom. The Balaban J connectivity index is 1.24. The van der Waals surface area contributed by atoms with Gasteiger partial charge in [0.05, 0.1) is 11.9 Å². The summed E-state index contributed by atoms with van der Waals surface area (Å²) in [6.45, 7) is 8.00. The molecule has 0 unspecified atom stereocenters. The minimum Gasteiger partial charge on any atom is -0.309 e. The quantitative estimate of drug-likeness (QED) is 0.718. The van der Waals surface area contributed by atoms with Crippen LogP contribution in [0.25, 0.3) is 10.2 Å².